The van der Waals surface area contributed by atoms with E-state index in [0.29, 0.717) is 18.1 Å². The van der Waals surface area contributed by atoms with Gasteiger partial charge in [0.1, 0.15) is 0 Å². The van der Waals surface area contributed by atoms with Crippen LogP contribution in [-0.2, 0) is 10.8 Å². The Morgan fingerprint density at radius 3 is 2.71 bits per heavy atom. The van der Waals surface area contributed by atoms with Crippen LogP contribution in [0.2, 0.25) is 5.02 Å². The molecule has 2 aromatic carbocycles. The first kappa shape index (κ1) is 14.5. The number of hydrogen-bond acceptors (Lipinski definition) is 3. The van der Waals surface area contributed by atoms with Gasteiger partial charge in [-0.25, -0.2) is 4.21 Å². The van der Waals surface area contributed by atoms with Crippen LogP contribution in [0, 0.1) is 5.21 Å². The van der Waals surface area contributed by atoms with Crippen molar-refractivity contribution in [1.29, 1.82) is 0 Å². The van der Waals surface area contributed by atoms with Gasteiger partial charge >= 0.3 is 0 Å². The number of nitrogens with zero attached hydrogens (tertiary/aromatic N) is 1. The molecule has 0 aromatic heterocycles. The second kappa shape index (κ2) is 6.15. The highest BCUT2D eigenvalue weighted by atomic mass is 35.5. The molecule has 1 atom stereocenters. The van der Waals surface area contributed by atoms with Gasteiger partial charge < -0.3 is 15.6 Å². The average Bonchev–Trinajstić information content (AvgIpc) is 2.50. The topological polar surface area (TPSA) is 60.0 Å². The van der Waals surface area contributed by atoms with Crippen molar-refractivity contribution in [3.63, 3.8) is 0 Å². The Bertz CT molecular complexity index is 693. The van der Waals surface area contributed by atoms with Crippen molar-refractivity contribution in [3.8, 4) is 0 Å². The molecule has 110 valence electrons. The Labute approximate surface area is 130 Å². The summed E-state index contributed by atoms with van der Waals surface area (Å²) in [6.45, 7) is 1.21. The molecular weight excluding hydrogens is 308 g/mol. The van der Waals surface area contributed by atoms with Gasteiger partial charge in [-0.05, 0) is 30.3 Å². The lowest BCUT2D eigenvalue weighted by atomic mass is 10.2. The zero-order valence-electron chi connectivity index (χ0n) is 11.3. The molecule has 1 heterocycles. The van der Waals surface area contributed by atoms with Crippen molar-refractivity contribution < 1.29 is 9.69 Å². The fourth-order valence-electron chi connectivity index (χ4n) is 2.52. The lowest BCUT2D eigenvalue weighted by Crippen LogP contribution is -2.77. The van der Waals surface area contributed by atoms with E-state index < -0.39 is 10.8 Å². The fourth-order valence-corrected chi connectivity index (χ4v) is 4.04. The second-order valence-electron chi connectivity index (χ2n) is 4.81. The molecule has 3 rings (SSSR count). The molecule has 21 heavy (non-hydrogen) atoms. The third-order valence-electron chi connectivity index (χ3n) is 3.47. The summed E-state index contributed by atoms with van der Waals surface area (Å²) in [5.41, 5.74) is 2.72. The smallest absolute Gasteiger partial charge is 0.0892 e. The summed E-state index contributed by atoms with van der Waals surface area (Å²) >= 11 is 6.10. The molecule has 1 aliphatic heterocycles. The maximum absolute atomic E-state index is 12.7. The van der Waals surface area contributed by atoms with Gasteiger partial charge in [0.2, 0.25) is 0 Å². The van der Waals surface area contributed by atoms with Crippen LogP contribution < -0.4 is 10.4 Å². The van der Waals surface area contributed by atoms with E-state index in [0.717, 1.165) is 33.1 Å². The second-order valence-corrected chi connectivity index (χ2v) is 6.66. The summed E-state index contributed by atoms with van der Waals surface area (Å²) in [6, 6.07) is 13.1. The number of quaternary nitrogens is 1. The van der Waals surface area contributed by atoms with Crippen LogP contribution in [0.3, 0.4) is 0 Å². The van der Waals surface area contributed by atoms with E-state index in [1.54, 1.807) is 6.07 Å². The van der Waals surface area contributed by atoms with E-state index in [2.05, 4.69) is 4.90 Å². The summed E-state index contributed by atoms with van der Waals surface area (Å²) in [4.78, 5) is 3.67. The predicted octanol–water partition coefficient (Wildman–Crippen LogP) is 2.41. The average molecular weight is 323 g/mol. The number of anilines is 2. The molecule has 0 amide bonds. The summed E-state index contributed by atoms with van der Waals surface area (Å²) in [7, 11) is -1.20. The van der Waals surface area contributed by atoms with E-state index in [4.69, 9.17) is 11.6 Å². The molecule has 0 spiro atoms. The molecule has 4 nitrogen and oxygen atoms in total. The van der Waals surface area contributed by atoms with Crippen molar-refractivity contribution in [2.24, 2.45) is 0 Å². The number of benzene rings is 2. The van der Waals surface area contributed by atoms with E-state index >= 15 is 0 Å². The summed E-state index contributed by atoms with van der Waals surface area (Å²) in [5.74, 6) is 0. The molecule has 0 fully saturated rings. The molecule has 0 saturated heterocycles. The van der Waals surface area contributed by atoms with E-state index in [-0.39, 0.29) is 0 Å². The van der Waals surface area contributed by atoms with Crippen LogP contribution in [0.25, 0.3) is 0 Å². The molecule has 6 heteroatoms. The summed E-state index contributed by atoms with van der Waals surface area (Å²) in [5, 5.41) is 11.2. The largest absolute Gasteiger partial charge is 0.636 e. The quantitative estimate of drug-likeness (QED) is 0.694. The molecule has 0 saturated carbocycles. The minimum Gasteiger partial charge on any atom is -0.636 e. The number of para-hydroxylation sites is 1. The Morgan fingerprint density at radius 1 is 1.14 bits per heavy atom. The van der Waals surface area contributed by atoms with Gasteiger partial charge in [-0.15, -0.1) is 0 Å². The number of hydroxylamine groups is 1. The Morgan fingerprint density at radius 2 is 1.90 bits per heavy atom. The predicted molar refractivity (Wildman–Crippen MR) is 84.4 cm³/mol. The van der Waals surface area contributed by atoms with Gasteiger partial charge in [-0.1, -0.05) is 23.7 Å². The third-order valence-corrected chi connectivity index (χ3v) is 5.20. The van der Waals surface area contributed by atoms with Crippen molar-refractivity contribution in [2.45, 2.75) is 16.2 Å². The van der Waals surface area contributed by atoms with Crippen LogP contribution in [0.1, 0.15) is 6.42 Å². The van der Waals surface area contributed by atoms with E-state index in [1.165, 1.54) is 0 Å². The van der Waals surface area contributed by atoms with Gasteiger partial charge in [-0.3, -0.25) is 0 Å². The third kappa shape index (κ3) is 2.70. The Kier molecular flexibility index (Phi) is 4.26. The Hall–Kier alpha value is -1.40. The first-order chi connectivity index (χ1) is 10.2. The highest BCUT2D eigenvalue weighted by molar-refractivity contribution is 7.85. The van der Waals surface area contributed by atoms with Crippen LogP contribution in [0.15, 0.2) is 52.3 Å². The number of rotatable bonds is 4. The highest BCUT2D eigenvalue weighted by Gasteiger charge is 2.27. The fraction of sp³-hybridized carbons (Fsp3) is 0.200. The molecule has 0 aliphatic carbocycles. The van der Waals surface area contributed by atoms with E-state index in [1.807, 2.05) is 36.4 Å². The van der Waals surface area contributed by atoms with Crippen LogP contribution in [0.5, 0.6) is 0 Å². The summed E-state index contributed by atoms with van der Waals surface area (Å²) in [6.07, 6.45) is 0.746. The molecule has 1 aliphatic rings. The normalized spacial score (nSPS) is 16.5. The van der Waals surface area contributed by atoms with Crippen molar-refractivity contribution >= 4 is 33.8 Å². The molecule has 0 radical (unpaired) electrons. The van der Waals surface area contributed by atoms with Gasteiger partial charge in [0.05, 0.1) is 38.5 Å². The van der Waals surface area contributed by atoms with Gasteiger partial charge in [0.15, 0.2) is 0 Å². The lowest BCUT2D eigenvalue weighted by molar-refractivity contribution is -0.588. The van der Waals surface area contributed by atoms with Gasteiger partial charge in [0.25, 0.3) is 0 Å². The van der Waals surface area contributed by atoms with Gasteiger partial charge in [-0.2, -0.15) is 0 Å². The minimum absolute atomic E-state index is 0.512. The zero-order valence-corrected chi connectivity index (χ0v) is 12.9. The minimum atomic E-state index is -1.20. The number of fused-ring (bicyclic) bond motifs is 2. The zero-order chi connectivity index (χ0) is 14.8. The van der Waals surface area contributed by atoms with Crippen molar-refractivity contribution in [3.05, 3.63) is 52.7 Å². The van der Waals surface area contributed by atoms with Crippen LogP contribution >= 0.6 is 11.6 Å². The maximum atomic E-state index is 12.7. The van der Waals surface area contributed by atoms with Crippen LogP contribution in [-0.4, -0.2) is 17.3 Å². The highest BCUT2D eigenvalue weighted by Crippen LogP contribution is 2.42. The molecule has 0 bridgehead atoms. The summed E-state index contributed by atoms with van der Waals surface area (Å²) < 4.78 is 12.7. The van der Waals surface area contributed by atoms with Crippen LogP contribution in [0.4, 0.5) is 11.4 Å². The molecular formula is C15H15ClN2O2S. The van der Waals surface area contributed by atoms with Gasteiger partial charge in [0, 0.05) is 18.0 Å². The Balaban J connectivity index is 2.08. The molecule has 2 N–H and O–H groups in total. The monoisotopic (exact) mass is 322 g/mol. The first-order valence-electron chi connectivity index (χ1n) is 6.74. The number of hydrogen-bond donors (Lipinski definition) is 1. The molecule has 1 unspecified atom stereocenters. The molecule has 2 aromatic rings. The van der Waals surface area contributed by atoms with Crippen molar-refractivity contribution in [1.82, 2.24) is 0 Å². The first-order valence-corrected chi connectivity index (χ1v) is 8.26. The number of nitrogens with two attached hydrogens (primary N) is 1. The van der Waals surface area contributed by atoms with E-state index in [9.17, 15) is 9.42 Å². The lowest BCUT2D eigenvalue weighted by Gasteiger charge is -2.32. The van der Waals surface area contributed by atoms with Crippen molar-refractivity contribution in [2.75, 3.05) is 18.0 Å². The SMILES string of the molecule is O=S1c2ccccc2N(CCC[NH2+][O-])c2cc(Cl)ccc21. The number of halogens is 1. The standard InChI is InChI=1S/C15H15ClN2O2S/c16-11-6-7-15-13(10-11)18(9-3-8-17-19)12-4-1-2-5-14(12)21(15)20/h1-2,4-7,10H,3,8-9,17H2. The maximum Gasteiger partial charge on any atom is 0.0892 e.